The summed E-state index contributed by atoms with van der Waals surface area (Å²) < 4.78 is 0. The normalized spacial score (nSPS) is 12.0. The Bertz CT molecular complexity index is 503. The van der Waals surface area contributed by atoms with E-state index in [2.05, 4.69) is 10.6 Å². The standard InChI is InChI=1S/C15H23N3O3/c1-4-11(2)17-15(19)8-9-16-10-13-6-5-7-14(12(13)3)18(20)21/h5-7,11,16H,4,8-10H2,1-3H3,(H,17,19). The van der Waals surface area contributed by atoms with E-state index in [1.54, 1.807) is 13.0 Å². The smallest absolute Gasteiger partial charge is 0.272 e. The van der Waals surface area contributed by atoms with E-state index in [0.717, 1.165) is 12.0 Å². The molecule has 6 nitrogen and oxygen atoms in total. The van der Waals surface area contributed by atoms with Crippen LogP contribution in [0.1, 0.15) is 37.8 Å². The number of amides is 1. The van der Waals surface area contributed by atoms with Crippen LogP contribution in [-0.4, -0.2) is 23.4 Å². The minimum absolute atomic E-state index is 0.0209. The lowest BCUT2D eigenvalue weighted by molar-refractivity contribution is -0.385. The van der Waals surface area contributed by atoms with Gasteiger partial charge in [0.1, 0.15) is 0 Å². The van der Waals surface area contributed by atoms with Crippen LogP contribution in [0.5, 0.6) is 0 Å². The fraction of sp³-hybridized carbons (Fsp3) is 0.533. The van der Waals surface area contributed by atoms with Crippen LogP contribution in [0.4, 0.5) is 5.69 Å². The zero-order chi connectivity index (χ0) is 15.8. The largest absolute Gasteiger partial charge is 0.354 e. The van der Waals surface area contributed by atoms with E-state index in [-0.39, 0.29) is 22.6 Å². The fourth-order valence-electron chi connectivity index (χ4n) is 1.93. The average molecular weight is 293 g/mol. The number of carbonyl (C=O) groups is 1. The Morgan fingerprint density at radius 1 is 1.43 bits per heavy atom. The number of rotatable bonds is 8. The molecule has 0 heterocycles. The van der Waals surface area contributed by atoms with E-state index in [4.69, 9.17) is 0 Å². The van der Waals surface area contributed by atoms with Gasteiger partial charge in [-0.05, 0) is 25.8 Å². The zero-order valence-corrected chi connectivity index (χ0v) is 12.8. The van der Waals surface area contributed by atoms with Gasteiger partial charge in [0.15, 0.2) is 0 Å². The molecule has 6 heteroatoms. The number of hydrogen-bond donors (Lipinski definition) is 2. The lowest BCUT2D eigenvalue weighted by Crippen LogP contribution is -2.33. The molecule has 0 bridgehead atoms. The monoisotopic (exact) mass is 293 g/mol. The summed E-state index contributed by atoms with van der Waals surface area (Å²) in [6.45, 7) is 6.80. The highest BCUT2D eigenvalue weighted by molar-refractivity contribution is 5.76. The van der Waals surface area contributed by atoms with E-state index in [1.807, 2.05) is 19.9 Å². The maximum atomic E-state index is 11.6. The van der Waals surface area contributed by atoms with E-state index in [0.29, 0.717) is 25.1 Å². The number of carbonyl (C=O) groups excluding carboxylic acids is 1. The van der Waals surface area contributed by atoms with Gasteiger partial charge in [-0.1, -0.05) is 19.1 Å². The van der Waals surface area contributed by atoms with Gasteiger partial charge in [0.05, 0.1) is 4.92 Å². The molecule has 0 fully saturated rings. The molecule has 1 rings (SSSR count). The molecule has 21 heavy (non-hydrogen) atoms. The Morgan fingerprint density at radius 2 is 2.14 bits per heavy atom. The van der Waals surface area contributed by atoms with E-state index < -0.39 is 0 Å². The predicted octanol–water partition coefficient (Wildman–Crippen LogP) is 2.30. The van der Waals surface area contributed by atoms with Crippen molar-refractivity contribution in [2.75, 3.05) is 6.54 Å². The first-order chi connectivity index (χ1) is 9.95. The van der Waals surface area contributed by atoms with Crippen molar-refractivity contribution < 1.29 is 9.72 Å². The zero-order valence-electron chi connectivity index (χ0n) is 12.8. The fourth-order valence-corrected chi connectivity index (χ4v) is 1.93. The Morgan fingerprint density at radius 3 is 2.76 bits per heavy atom. The second-order valence-electron chi connectivity index (χ2n) is 5.12. The average Bonchev–Trinajstić information content (AvgIpc) is 2.44. The van der Waals surface area contributed by atoms with E-state index >= 15 is 0 Å². The number of hydrogen-bond acceptors (Lipinski definition) is 4. The first-order valence-electron chi connectivity index (χ1n) is 7.18. The molecule has 0 spiro atoms. The quantitative estimate of drug-likeness (QED) is 0.437. The van der Waals surface area contributed by atoms with Gasteiger partial charge in [-0.3, -0.25) is 14.9 Å². The molecule has 1 unspecified atom stereocenters. The van der Waals surface area contributed by atoms with Gasteiger partial charge >= 0.3 is 0 Å². The summed E-state index contributed by atoms with van der Waals surface area (Å²) in [5.41, 5.74) is 1.68. The first-order valence-corrected chi connectivity index (χ1v) is 7.18. The van der Waals surface area contributed by atoms with Crippen LogP contribution >= 0.6 is 0 Å². The van der Waals surface area contributed by atoms with Crippen molar-refractivity contribution in [2.45, 2.75) is 46.2 Å². The molecule has 0 aliphatic rings. The van der Waals surface area contributed by atoms with Crippen molar-refractivity contribution in [1.82, 2.24) is 10.6 Å². The molecule has 1 aromatic carbocycles. The van der Waals surface area contributed by atoms with Crippen LogP contribution in [0.15, 0.2) is 18.2 Å². The van der Waals surface area contributed by atoms with Gasteiger partial charge in [-0.15, -0.1) is 0 Å². The summed E-state index contributed by atoms with van der Waals surface area (Å²) in [6.07, 6.45) is 1.31. The maximum absolute atomic E-state index is 11.6. The number of nitro benzene ring substituents is 1. The summed E-state index contributed by atoms with van der Waals surface area (Å²) in [4.78, 5) is 22.1. The molecule has 0 saturated heterocycles. The Hall–Kier alpha value is -1.95. The number of nitrogens with zero attached hydrogens (tertiary/aromatic N) is 1. The summed E-state index contributed by atoms with van der Waals surface area (Å²) in [6, 6.07) is 5.22. The van der Waals surface area contributed by atoms with Gasteiger partial charge < -0.3 is 10.6 Å². The topological polar surface area (TPSA) is 84.3 Å². The van der Waals surface area contributed by atoms with Crippen molar-refractivity contribution in [3.63, 3.8) is 0 Å². The highest BCUT2D eigenvalue weighted by atomic mass is 16.6. The Balaban J connectivity index is 2.41. The van der Waals surface area contributed by atoms with Crippen LogP contribution in [0, 0.1) is 17.0 Å². The van der Waals surface area contributed by atoms with Gasteiger partial charge in [0.25, 0.3) is 5.69 Å². The number of nitro groups is 1. The van der Waals surface area contributed by atoms with Crippen LogP contribution in [0.25, 0.3) is 0 Å². The lowest BCUT2D eigenvalue weighted by atomic mass is 10.1. The highest BCUT2D eigenvalue weighted by Crippen LogP contribution is 2.20. The Kier molecular flexibility index (Phi) is 6.81. The van der Waals surface area contributed by atoms with Crippen molar-refractivity contribution >= 4 is 11.6 Å². The van der Waals surface area contributed by atoms with Crippen molar-refractivity contribution in [3.05, 3.63) is 39.4 Å². The molecule has 116 valence electrons. The minimum atomic E-state index is -0.377. The molecule has 0 aromatic heterocycles. The number of nitrogens with one attached hydrogen (secondary N) is 2. The van der Waals surface area contributed by atoms with Gasteiger partial charge in [0.2, 0.25) is 5.91 Å². The van der Waals surface area contributed by atoms with Crippen LogP contribution in [0.2, 0.25) is 0 Å². The summed E-state index contributed by atoms with van der Waals surface area (Å²) in [7, 11) is 0. The highest BCUT2D eigenvalue weighted by Gasteiger charge is 2.12. The van der Waals surface area contributed by atoms with Crippen LogP contribution in [-0.2, 0) is 11.3 Å². The molecule has 0 aliphatic carbocycles. The minimum Gasteiger partial charge on any atom is -0.354 e. The van der Waals surface area contributed by atoms with Gasteiger partial charge in [-0.25, -0.2) is 0 Å². The Labute approximate surface area is 125 Å². The van der Waals surface area contributed by atoms with Crippen molar-refractivity contribution in [1.29, 1.82) is 0 Å². The maximum Gasteiger partial charge on any atom is 0.272 e. The molecule has 0 saturated carbocycles. The van der Waals surface area contributed by atoms with Crippen molar-refractivity contribution in [2.24, 2.45) is 0 Å². The van der Waals surface area contributed by atoms with Gasteiger partial charge in [0, 0.05) is 37.2 Å². The molecule has 0 radical (unpaired) electrons. The molecule has 2 N–H and O–H groups in total. The predicted molar refractivity (Wildman–Crippen MR) is 82.1 cm³/mol. The molecule has 1 amide bonds. The number of benzene rings is 1. The summed E-state index contributed by atoms with van der Waals surface area (Å²) >= 11 is 0. The van der Waals surface area contributed by atoms with E-state index in [9.17, 15) is 14.9 Å². The second-order valence-corrected chi connectivity index (χ2v) is 5.12. The lowest BCUT2D eigenvalue weighted by Gasteiger charge is -2.12. The van der Waals surface area contributed by atoms with Crippen molar-refractivity contribution in [3.8, 4) is 0 Å². The van der Waals surface area contributed by atoms with Gasteiger partial charge in [-0.2, -0.15) is 0 Å². The third-order valence-electron chi connectivity index (χ3n) is 3.48. The molecular weight excluding hydrogens is 270 g/mol. The first kappa shape index (κ1) is 17.1. The third kappa shape index (κ3) is 5.51. The molecular formula is C15H23N3O3. The molecule has 1 atom stereocenters. The van der Waals surface area contributed by atoms with Crippen LogP contribution in [0.3, 0.4) is 0 Å². The summed E-state index contributed by atoms with van der Waals surface area (Å²) in [5, 5.41) is 16.9. The SMILES string of the molecule is CCC(C)NC(=O)CCNCc1cccc([N+](=O)[O-])c1C. The third-order valence-corrected chi connectivity index (χ3v) is 3.48. The van der Waals surface area contributed by atoms with Crippen LogP contribution < -0.4 is 10.6 Å². The second kappa shape index (κ2) is 8.36. The molecule has 1 aromatic rings. The summed E-state index contributed by atoms with van der Waals surface area (Å²) in [5.74, 6) is 0.0209. The molecule has 0 aliphatic heterocycles. The van der Waals surface area contributed by atoms with E-state index in [1.165, 1.54) is 6.07 Å².